The molecule has 1 saturated heterocycles. The van der Waals surface area contributed by atoms with Crippen molar-refractivity contribution in [2.45, 2.75) is 46.1 Å². The van der Waals surface area contributed by atoms with Gasteiger partial charge in [-0.2, -0.15) is 0 Å². The monoisotopic (exact) mass is 270 g/mol. The van der Waals surface area contributed by atoms with Crippen LogP contribution in [0.3, 0.4) is 0 Å². The van der Waals surface area contributed by atoms with Crippen molar-refractivity contribution < 1.29 is 14.7 Å². The molecular weight excluding hydrogens is 244 g/mol. The summed E-state index contributed by atoms with van der Waals surface area (Å²) in [5.74, 6) is 0.0725. The molecule has 0 aromatic rings. The Balaban J connectivity index is 2.31. The second-order valence-corrected chi connectivity index (χ2v) is 5.90. The average molecular weight is 270 g/mol. The third-order valence-corrected chi connectivity index (χ3v) is 3.73. The maximum Gasteiger partial charge on any atom is 0.303 e. The Morgan fingerprint density at radius 1 is 1.37 bits per heavy atom. The summed E-state index contributed by atoms with van der Waals surface area (Å²) in [4.78, 5) is 24.7. The first-order valence-electron chi connectivity index (χ1n) is 7.13. The SMILES string of the molecule is CC(C)CCNC(=O)C(C)N1CCC(CC(=O)O)C1. The van der Waals surface area contributed by atoms with E-state index in [0.717, 1.165) is 19.4 Å². The van der Waals surface area contributed by atoms with Gasteiger partial charge in [0.05, 0.1) is 6.04 Å². The van der Waals surface area contributed by atoms with Crippen LogP contribution < -0.4 is 5.32 Å². The van der Waals surface area contributed by atoms with Crippen molar-refractivity contribution in [3.63, 3.8) is 0 Å². The first-order valence-corrected chi connectivity index (χ1v) is 7.13. The smallest absolute Gasteiger partial charge is 0.303 e. The second kappa shape index (κ2) is 7.48. The molecule has 0 aromatic carbocycles. The standard InChI is InChI=1S/C14H26N2O3/c1-10(2)4-6-15-14(19)11(3)16-7-5-12(9-16)8-13(17)18/h10-12H,4-9H2,1-3H3,(H,15,19)(H,17,18). The molecule has 2 N–H and O–H groups in total. The van der Waals surface area contributed by atoms with E-state index in [-0.39, 0.29) is 24.3 Å². The van der Waals surface area contributed by atoms with Crippen molar-refractivity contribution in [2.75, 3.05) is 19.6 Å². The van der Waals surface area contributed by atoms with Gasteiger partial charge in [-0.05, 0) is 38.1 Å². The number of rotatable bonds is 7. The minimum atomic E-state index is -0.749. The number of nitrogens with one attached hydrogen (secondary N) is 1. The normalized spacial score (nSPS) is 21.6. The highest BCUT2D eigenvalue weighted by Gasteiger charge is 2.30. The van der Waals surface area contributed by atoms with E-state index in [1.807, 2.05) is 6.92 Å². The number of nitrogens with zero attached hydrogens (tertiary/aromatic N) is 1. The first-order chi connectivity index (χ1) is 8.90. The molecule has 1 aliphatic rings. The zero-order valence-electron chi connectivity index (χ0n) is 12.2. The van der Waals surface area contributed by atoms with Crippen molar-refractivity contribution in [3.05, 3.63) is 0 Å². The molecule has 5 heteroatoms. The van der Waals surface area contributed by atoms with Gasteiger partial charge in [-0.15, -0.1) is 0 Å². The van der Waals surface area contributed by atoms with Gasteiger partial charge in [-0.1, -0.05) is 13.8 Å². The van der Waals surface area contributed by atoms with E-state index in [9.17, 15) is 9.59 Å². The highest BCUT2D eigenvalue weighted by molar-refractivity contribution is 5.81. The average Bonchev–Trinajstić information content (AvgIpc) is 2.74. The van der Waals surface area contributed by atoms with Crippen LogP contribution in [-0.4, -0.2) is 47.6 Å². The number of likely N-dealkylation sites (tertiary alicyclic amines) is 1. The Morgan fingerprint density at radius 3 is 2.63 bits per heavy atom. The predicted molar refractivity (Wildman–Crippen MR) is 73.9 cm³/mol. The molecule has 1 amide bonds. The van der Waals surface area contributed by atoms with Crippen molar-refractivity contribution in [3.8, 4) is 0 Å². The second-order valence-electron chi connectivity index (χ2n) is 5.90. The molecule has 0 aliphatic carbocycles. The molecule has 0 bridgehead atoms. The van der Waals surface area contributed by atoms with Crippen LogP contribution in [0.1, 0.15) is 40.0 Å². The van der Waals surface area contributed by atoms with Crippen molar-refractivity contribution in [1.82, 2.24) is 10.2 Å². The van der Waals surface area contributed by atoms with Gasteiger partial charge in [0.2, 0.25) is 5.91 Å². The molecule has 0 radical (unpaired) electrons. The molecule has 0 spiro atoms. The Hall–Kier alpha value is -1.10. The van der Waals surface area contributed by atoms with Crippen molar-refractivity contribution in [1.29, 1.82) is 0 Å². The van der Waals surface area contributed by atoms with E-state index >= 15 is 0 Å². The summed E-state index contributed by atoms with van der Waals surface area (Å²) < 4.78 is 0. The number of hydrogen-bond donors (Lipinski definition) is 2. The van der Waals surface area contributed by atoms with Crippen LogP contribution in [0.25, 0.3) is 0 Å². The fourth-order valence-corrected chi connectivity index (χ4v) is 2.43. The highest BCUT2D eigenvalue weighted by atomic mass is 16.4. The molecule has 1 heterocycles. The zero-order valence-corrected chi connectivity index (χ0v) is 12.2. The van der Waals surface area contributed by atoms with E-state index in [2.05, 4.69) is 24.1 Å². The fraction of sp³-hybridized carbons (Fsp3) is 0.857. The van der Waals surface area contributed by atoms with Crippen molar-refractivity contribution in [2.24, 2.45) is 11.8 Å². The summed E-state index contributed by atoms with van der Waals surface area (Å²) in [7, 11) is 0. The van der Waals surface area contributed by atoms with Crippen LogP contribution in [0.15, 0.2) is 0 Å². The minimum Gasteiger partial charge on any atom is -0.481 e. The van der Waals surface area contributed by atoms with E-state index < -0.39 is 5.97 Å². The van der Waals surface area contributed by atoms with E-state index in [1.54, 1.807) is 0 Å². The largest absolute Gasteiger partial charge is 0.481 e. The molecule has 110 valence electrons. The van der Waals surface area contributed by atoms with Crippen LogP contribution >= 0.6 is 0 Å². The van der Waals surface area contributed by atoms with Crippen LogP contribution in [0, 0.1) is 11.8 Å². The Bertz CT molecular complexity index is 318. The summed E-state index contributed by atoms with van der Waals surface area (Å²) in [6.45, 7) is 8.40. The summed E-state index contributed by atoms with van der Waals surface area (Å²) in [5.41, 5.74) is 0. The van der Waals surface area contributed by atoms with E-state index in [1.165, 1.54) is 0 Å². The molecule has 1 aliphatic heterocycles. The lowest BCUT2D eigenvalue weighted by Gasteiger charge is -2.23. The van der Waals surface area contributed by atoms with Gasteiger partial charge in [0.25, 0.3) is 0 Å². The molecule has 19 heavy (non-hydrogen) atoms. The third-order valence-electron chi connectivity index (χ3n) is 3.73. The van der Waals surface area contributed by atoms with Crippen LogP contribution in [-0.2, 0) is 9.59 Å². The molecular formula is C14H26N2O3. The quantitative estimate of drug-likeness (QED) is 0.732. The lowest BCUT2D eigenvalue weighted by Crippen LogP contribution is -2.44. The van der Waals surface area contributed by atoms with Gasteiger partial charge in [-0.25, -0.2) is 0 Å². The van der Waals surface area contributed by atoms with E-state index in [0.29, 0.717) is 19.0 Å². The number of aliphatic carboxylic acids is 1. The van der Waals surface area contributed by atoms with E-state index in [4.69, 9.17) is 5.11 Å². The van der Waals surface area contributed by atoms with Crippen molar-refractivity contribution >= 4 is 11.9 Å². The fourth-order valence-electron chi connectivity index (χ4n) is 2.43. The number of carbonyl (C=O) groups is 2. The lowest BCUT2D eigenvalue weighted by atomic mass is 10.1. The van der Waals surface area contributed by atoms with Gasteiger partial charge < -0.3 is 10.4 Å². The van der Waals surface area contributed by atoms with Crippen LogP contribution in [0.5, 0.6) is 0 Å². The molecule has 2 atom stereocenters. The summed E-state index contributed by atoms with van der Waals surface area (Å²) in [6.07, 6.45) is 2.06. The van der Waals surface area contributed by atoms with Gasteiger partial charge in [-0.3, -0.25) is 14.5 Å². The van der Waals surface area contributed by atoms with Crippen LogP contribution in [0.4, 0.5) is 0 Å². The minimum absolute atomic E-state index is 0.0524. The number of amides is 1. The lowest BCUT2D eigenvalue weighted by molar-refractivity contribution is -0.138. The maximum atomic E-state index is 12.0. The zero-order chi connectivity index (χ0) is 14.4. The van der Waals surface area contributed by atoms with Gasteiger partial charge in [0.1, 0.15) is 0 Å². The third kappa shape index (κ3) is 5.59. The van der Waals surface area contributed by atoms with Crippen LogP contribution in [0.2, 0.25) is 0 Å². The highest BCUT2D eigenvalue weighted by Crippen LogP contribution is 2.21. The molecule has 0 aromatic heterocycles. The number of carboxylic acid groups (broad SMARTS) is 1. The maximum absolute atomic E-state index is 12.0. The molecule has 0 saturated carbocycles. The summed E-state index contributed by atoms with van der Waals surface area (Å²) in [5, 5.41) is 11.7. The topological polar surface area (TPSA) is 69.6 Å². The molecule has 2 unspecified atom stereocenters. The summed E-state index contributed by atoms with van der Waals surface area (Å²) in [6, 6.07) is -0.161. The Kier molecular flexibility index (Phi) is 6.28. The Morgan fingerprint density at radius 2 is 2.05 bits per heavy atom. The first kappa shape index (κ1) is 16.0. The van der Waals surface area contributed by atoms with Gasteiger partial charge in [0, 0.05) is 19.5 Å². The number of carboxylic acids is 1. The van der Waals surface area contributed by atoms with Gasteiger partial charge in [0.15, 0.2) is 0 Å². The number of hydrogen-bond acceptors (Lipinski definition) is 3. The van der Waals surface area contributed by atoms with Gasteiger partial charge >= 0.3 is 5.97 Å². The predicted octanol–water partition coefficient (Wildman–Crippen LogP) is 1.33. The molecule has 1 rings (SSSR count). The molecule has 5 nitrogen and oxygen atoms in total. The molecule has 1 fully saturated rings. The Labute approximate surface area is 115 Å². The number of carbonyl (C=O) groups excluding carboxylic acids is 1. The summed E-state index contributed by atoms with van der Waals surface area (Å²) >= 11 is 0.